The number of carbonyl (C=O) groups excluding carboxylic acids is 3. The molecule has 0 N–H and O–H groups in total. The van der Waals surface area contributed by atoms with Crippen LogP contribution in [-0.4, -0.2) is 45.0 Å². The van der Waals surface area contributed by atoms with Gasteiger partial charge in [-0.1, -0.05) is 23.2 Å². The molecule has 0 spiro atoms. The molecule has 0 saturated carbocycles. The molecule has 7 nitrogen and oxygen atoms in total. The Hall–Kier alpha value is -2.77. The molecule has 1 saturated heterocycles. The lowest BCUT2D eigenvalue weighted by Gasteiger charge is -2.20. The van der Waals surface area contributed by atoms with E-state index in [-0.39, 0.29) is 29.5 Å². The molecule has 1 aliphatic rings. The molecule has 30 heavy (non-hydrogen) atoms. The molecule has 9 heteroatoms. The van der Waals surface area contributed by atoms with E-state index < -0.39 is 24.3 Å². The van der Waals surface area contributed by atoms with Crippen LogP contribution in [0.1, 0.15) is 16.8 Å². The number of amides is 1. The molecule has 1 aliphatic heterocycles. The Kier molecular flexibility index (Phi) is 6.84. The van der Waals surface area contributed by atoms with Gasteiger partial charge in [0.15, 0.2) is 6.61 Å². The van der Waals surface area contributed by atoms with Crippen LogP contribution >= 0.6 is 23.2 Å². The minimum Gasteiger partial charge on any atom is -0.497 e. The Morgan fingerprint density at radius 2 is 1.87 bits per heavy atom. The summed E-state index contributed by atoms with van der Waals surface area (Å²) in [5.41, 5.74) is 0.739. The molecule has 0 aliphatic carbocycles. The van der Waals surface area contributed by atoms with Crippen molar-refractivity contribution >= 4 is 46.5 Å². The Balaban J connectivity index is 1.65. The standard InChI is InChI=1S/C21H19Cl2NO6/c1-28-14-4-6-17(19(9-14)29-2)24-10-12(7-20(24)26)21(27)30-11-18(25)15-5-3-13(22)8-16(15)23/h3-6,8-9,12H,7,10-11H2,1-2H3/t12-/m0/s1. The predicted molar refractivity (Wildman–Crippen MR) is 112 cm³/mol. The fourth-order valence-electron chi connectivity index (χ4n) is 3.15. The normalized spacial score (nSPS) is 15.8. The van der Waals surface area contributed by atoms with Crippen molar-refractivity contribution in [2.45, 2.75) is 6.42 Å². The van der Waals surface area contributed by atoms with Crippen molar-refractivity contribution in [3.05, 3.63) is 52.0 Å². The highest BCUT2D eigenvalue weighted by Gasteiger charge is 2.37. The first-order valence-corrected chi connectivity index (χ1v) is 9.77. The second-order valence-corrected chi connectivity index (χ2v) is 7.44. The summed E-state index contributed by atoms with van der Waals surface area (Å²) in [7, 11) is 3.01. The highest BCUT2D eigenvalue weighted by Crippen LogP contribution is 2.36. The van der Waals surface area contributed by atoms with Gasteiger partial charge >= 0.3 is 5.97 Å². The van der Waals surface area contributed by atoms with E-state index in [0.29, 0.717) is 22.2 Å². The number of esters is 1. The third kappa shape index (κ3) is 4.68. The van der Waals surface area contributed by atoms with E-state index in [4.69, 9.17) is 37.4 Å². The minimum absolute atomic E-state index is 0.0239. The third-order valence-corrected chi connectivity index (χ3v) is 5.26. The van der Waals surface area contributed by atoms with Crippen LogP contribution in [-0.2, 0) is 14.3 Å². The molecule has 0 aromatic heterocycles. The summed E-state index contributed by atoms with van der Waals surface area (Å²) in [4.78, 5) is 38.7. The zero-order valence-electron chi connectivity index (χ0n) is 16.3. The fourth-order valence-corrected chi connectivity index (χ4v) is 3.67. The molecule has 1 amide bonds. The van der Waals surface area contributed by atoms with Gasteiger partial charge in [0.2, 0.25) is 11.7 Å². The molecular weight excluding hydrogens is 433 g/mol. The number of rotatable bonds is 7. The number of halogens is 2. The van der Waals surface area contributed by atoms with E-state index in [0.717, 1.165) is 0 Å². The number of hydrogen-bond donors (Lipinski definition) is 0. The van der Waals surface area contributed by atoms with Gasteiger partial charge < -0.3 is 19.1 Å². The quantitative estimate of drug-likeness (QED) is 0.470. The van der Waals surface area contributed by atoms with Gasteiger partial charge in [0.25, 0.3) is 0 Å². The highest BCUT2D eigenvalue weighted by molar-refractivity contribution is 6.36. The van der Waals surface area contributed by atoms with Crippen molar-refractivity contribution in [1.29, 1.82) is 0 Å². The first-order chi connectivity index (χ1) is 14.3. The Labute approximate surface area is 183 Å². The second-order valence-electron chi connectivity index (χ2n) is 6.60. The maximum atomic E-state index is 12.5. The third-order valence-electron chi connectivity index (χ3n) is 4.71. The molecule has 0 radical (unpaired) electrons. The summed E-state index contributed by atoms with van der Waals surface area (Å²) in [5, 5.41) is 0.574. The number of nitrogens with zero attached hydrogens (tertiary/aromatic N) is 1. The van der Waals surface area contributed by atoms with Crippen LogP contribution in [0.15, 0.2) is 36.4 Å². The predicted octanol–water partition coefficient (Wildman–Crippen LogP) is 3.79. The van der Waals surface area contributed by atoms with Crippen LogP contribution in [0.3, 0.4) is 0 Å². The average Bonchev–Trinajstić information content (AvgIpc) is 3.12. The largest absolute Gasteiger partial charge is 0.497 e. The topological polar surface area (TPSA) is 82.1 Å². The number of Topliss-reactive ketones (excluding diaryl/α,β-unsaturated/α-hetero) is 1. The number of ketones is 1. The molecule has 3 rings (SSSR count). The number of methoxy groups -OCH3 is 2. The summed E-state index contributed by atoms with van der Waals surface area (Å²) >= 11 is 11.8. The van der Waals surface area contributed by atoms with Crippen LogP contribution in [0, 0.1) is 5.92 Å². The SMILES string of the molecule is COc1ccc(N2C[C@@H](C(=O)OCC(=O)c3ccc(Cl)cc3Cl)CC2=O)c(OC)c1. The molecular formula is C21H19Cl2NO6. The molecule has 1 atom stereocenters. The summed E-state index contributed by atoms with van der Waals surface area (Å²) in [6.07, 6.45) is -0.0239. The summed E-state index contributed by atoms with van der Waals surface area (Å²) < 4.78 is 15.6. The van der Waals surface area contributed by atoms with Crippen LogP contribution in [0.25, 0.3) is 0 Å². The van der Waals surface area contributed by atoms with Gasteiger partial charge in [0.1, 0.15) is 11.5 Å². The number of anilines is 1. The van der Waals surface area contributed by atoms with Gasteiger partial charge in [0.05, 0.1) is 30.8 Å². The van der Waals surface area contributed by atoms with Crippen LogP contribution in [0.5, 0.6) is 11.5 Å². The van der Waals surface area contributed by atoms with Crippen molar-refractivity contribution in [3.63, 3.8) is 0 Å². The first-order valence-electron chi connectivity index (χ1n) is 9.01. The Bertz CT molecular complexity index is 993. The van der Waals surface area contributed by atoms with E-state index >= 15 is 0 Å². The minimum atomic E-state index is -0.696. The van der Waals surface area contributed by atoms with Crippen LogP contribution in [0.4, 0.5) is 5.69 Å². The summed E-state index contributed by atoms with van der Waals surface area (Å²) in [6.45, 7) is -0.354. The molecule has 2 aromatic rings. The van der Waals surface area contributed by atoms with E-state index in [1.165, 1.54) is 37.3 Å². The molecule has 0 unspecified atom stereocenters. The number of carbonyl (C=O) groups is 3. The van der Waals surface area contributed by atoms with Crippen molar-refractivity contribution in [2.24, 2.45) is 5.92 Å². The van der Waals surface area contributed by atoms with E-state index in [1.807, 2.05) is 0 Å². The number of benzene rings is 2. The van der Waals surface area contributed by atoms with Gasteiger partial charge in [-0.15, -0.1) is 0 Å². The highest BCUT2D eigenvalue weighted by atomic mass is 35.5. The van der Waals surface area contributed by atoms with Gasteiger partial charge in [-0.2, -0.15) is 0 Å². The average molecular weight is 452 g/mol. The summed E-state index contributed by atoms with van der Waals surface area (Å²) in [5.74, 6) is -0.994. The lowest BCUT2D eigenvalue weighted by atomic mass is 10.1. The molecule has 1 heterocycles. The second kappa shape index (κ2) is 9.36. The van der Waals surface area contributed by atoms with Gasteiger partial charge in [0, 0.05) is 29.6 Å². The molecule has 2 aromatic carbocycles. The molecule has 158 valence electrons. The Morgan fingerprint density at radius 1 is 1.10 bits per heavy atom. The zero-order chi connectivity index (χ0) is 21.8. The van der Waals surface area contributed by atoms with E-state index in [2.05, 4.69) is 0 Å². The summed E-state index contributed by atoms with van der Waals surface area (Å²) in [6, 6.07) is 9.48. The van der Waals surface area contributed by atoms with Crippen LogP contribution in [0.2, 0.25) is 10.0 Å². The van der Waals surface area contributed by atoms with Crippen LogP contribution < -0.4 is 14.4 Å². The van der Waals surface area contributed by atoms with Crippen molar-refractivity contribution in [1.82, 2.24) is 0 Å². The smallest absolute Gasteiger partial charge is 0.311 e. The maximum Gasteiger partial charge on any atom is 0.311 e. The fraction of sp³-hybridized carbons (Fsp3) is 0.286. The van der Waals surface area contributed by atoms with E-state index in [1.54, 1.807) is 18.2 Å². The zero-order valence-corrected chi connectivity index (χ0v) is 17.8. The van der Waals surface area contributed by atoms with Crippen molar-refractivity contribution in [3.8, 4) is 11.5 Å². The lowest BCUT2D eigenvalue weighted by Crippen LogP contribution is -2.27. The Morgan fingerprint density at radius 3 is 2.53 bits per heavy atom. The monoisotopic (exact) mass is 451 g/mol. The van der Waals surface area contributed by atoms with Gasteiger partial charge in [-0.25, -0.2) is 0 Å². The molecule has 1 fully saturated rings. The maximum absolute atomic E-state index is 12.5. The first kappa shape index (κ1) is 21.9. The van der Waals surface area contributed by atoms with Gasteiger partial charge in [-0.3, -0.25) is 14.4 Å². The van der Waals surface area contributed by atoms with Crippen molar-refractivity contribution < 1.29 is 28.6 Å². The number of hydrogen-bond acceptors (Lipinski definition) is 6. The van der Waals surface area contributed by atoms with Crippen molar-refractivity contribution in [2.75, 3.05) is 32.3 Å². The number of ether oxygens (including phenoxy) is 3. The molecule has 0 bridgehead atoms. The van der Waals surface area contributed by atoms with Gasteiger partial charge in [-0.05, 0) is 30.3 Å². The lowest BCUT2D eigenvalue weighted by molar-refractivity contribution is -0.147. The van der Waals surface area contributed by atoms with E-state index in [9.17, 15) is 14.4 Å².